The van der Waals surface area contributed by atoms with Crippen LogP contribution in [0.25, 0.3) is 21.9 Å². The second kappa shape index (κ2) is 6.46. The predicted molar refractivity (Wildman–Crippen MR) is 77.4 cm³/mol. The van der Waals surface area contributed by atoms with Crippen molar-refractivity contribution in [3.8, 4) is 0 Å². The number of carbonyl (C=O) groups excluding carboxylic acids is 1. The van der Waals surface area contributed by atoms with Crippen LogP contribution in [0, 0.1) is 0 Å². The molecule has 6 nitrogen and oxygen atoms in total. The molecule has 0 amide bonds. The van der Waals surface area contributed by atoms with E-state index >= 15 is 0 Å². The van der Waals surface area contributed by atoms with Gasteiger partial charge in [0.1, 0.15) is 11.2 Å². The van der Waals surface area contributed by atoms with Crippen LogP contribution < -0.4 is 61.9 Å². The van der Waals surface area contributed by atoms with Crippen LogP contribution in [0.2, 0.25) is 0 Å². The Morgan fingerprint density at radius 1 is 1.04 bits per heavy atom. The normalized spacial score (nSPS) is 11.3. The first-order valence-electron chi connectivity index (χ1n) is 6.19. The van der Waals surface area contributed by atoms with Crippen LogP contribution in [0.3, 0.4) is 0 Å². The fourth-order valence-electron chi connectivity index (χ4n) is 2.19. The molecule has 3 aromatic rings. The Balaban J connectivity index is 0.00000192. The van der Waals surface area contributed by atoms with E-state index in [0.29, 0.717) is 0 Å². The summed E-state index contributed by atoms with van der Waals surface area (Å²) >= 11 is 0. The number of carboxylic acids is 1. The van der Waals surface area contributed by atoms with E-state index < -0.39 is 21.2 Å². The van der Waals surface area contributed by atoms with E-state index in [-0.39, 0.29) is 83.8 Å². The third kappa shape index (κ3) is 3.42. The van der Waals surface area contributed by atoms with Crippen molar-refractivity contribution in [2.45, 2.75) is 4.90 Å². The van der Waals surface area contributed by atoms with Gasteiger partial charge in [-0.1, -0.05) is 0 Å². The molecule has 0 aliphatic heterocycles. The smallest absolute Gasteiger partial charge is 0.545 e. The molecular formula is C15H9KO6S. The number of hydrogen-bond donors (Lipinski definition) is 0. The van der Waals surface area contributed by atoms with Gasteiger partial charge in [-0.05, 0) is 35.9 Å². The second-order valence-corrected chi connectivity index (χ2v) is 6.88. The van der Waals surface area contributed by atoms with Gasteiger partial charge in [0, 0.05) is 12.3 Å². The van der Waals surface area contributed by atoms with Gasteiger partial charge in [-0.3, -0.25) is 4.79 Å². The first-order chi connectivity index (χ1) is 10.3. The fraction of sp³-hybridized carbons (Fsp3) is 0.0667. The maximum absolute atomic E-state index is 12.4. The van der Waals surface area contributed by atoms with Crippen molar-refractivity contribution >= 4 is 37.7 Å². The van der Waals surface area contributed by atoms with Crippen molar-refractivity contribution in [2.24, 2.45) is 0 Å². The number of benzene rings is 2. The molecule has 0 saturated carbocycles. The van der Waals surface area contributed by atoms with E-state index in [1.807, 2.05) is 0 Å². The predicted octanol–water partition coefficient (Wildman–Crippen LogP) is -2.28. The number of sulfone groups is 1. The summed E-state index contributed by atoms with van der Waals surface area (Å²) in [7, 11) is -3.43. The van der Waals surface area contributed by atoms with Gasteiger partial charge in [0.05, 0.1) is 21.6 Å². The zero-order valence-corrected chi connectivity index (χ0v) is 16.3. The van der Waals surface area contributed by atoms with E-state index in [1.165, 1.54) is 36.4 Å². The number of rotatable bonds is 2. The Hall–Kier alpha value is -1.03. The van der Waals surface area contributed by atoms with E-state index in [1.54, 1.807) is 0 Å². The Morgan fingerprint density at radius 2 is 1.74 bits per heavy atom. The summed E-state index contributed by atoms with van der Waals surface area (Å²) in [6.07, 6.45) is 1.06. The minimum atomic E-state index is -3.43. The maximum atomic E-state index is 12.4. The van der Waals surface area contributed by atoms with Crippen LogP contribution in [-0.2, 0) is 9.84 Å². The molecule has 0 aliphatic carbocycles. The third-order valence-electron chi connectivity index (χ3n) is 3.31. The second-order valence-electron chi connectivity index (χ2n) is 4.86. The van der Waals surface area contributed by atoms with Crippen molar-refractivity contribution in [2.75, 3.05) is 6.26 Å². The SMILES string of the molecule is CS(=O)(=O)c1ccc2c(=O)c3cc(C(=O)[O-])ccc3oc2c1.[K+]. The fourth-order valence-corrected chi connectivity index (χ4v) is 2.83. The van der Waals surface area contributed by atoms with Crippen LogP contribution in [0.15, 0.2) is 50.5 Å². The van der Waals surface area contributed by atoms with Crippen LogP contribution >= 0.6 is 0 Å². The molecule has 0 saturated heterocycles. The quantitative estimate of drug-likeness (QED) is 0.378. The molecule has 112 valence electrons. The van der Waals surface area contributed by atoms with Gasteiger partial charge in [0.25, 0.3) is 0 Å². The zero-order valence-electron chi connectivity index (χ0n) is 12.3. The maximum Gasteiger partial charge on any atom is 1.00 e. The van der Waals surface area contributed by atoms with Crippen LogP contribution in [-0.4, -0.2) is 20.6 Å². The van der Waals surface area contributed by atoms with Crippen molar-refractivity contribution in [3.05, 3.63) is 52.2 Å². The molecule has 1 aromatic heterocycles. The first kappa shape index (κ1) is 18.3. The summed E-state index contributed by atoms with van der Waals surface area (Å²) in [5.74, 6) is -1.39. The summed E-state index contributed by atoms with van der Waals surface area (Å²) in [4.78, 5) is 23.3. The van der Waals surface area contributed by atoms with E-state index in [9.17, 15) is 23.1 Å². The standard InChI is InChI=1S/C15H10O6S.K/c1-22(19,20)9-3-4-10-13(7-9)21-12-5-2-8(15(17)18)6-11(12)14(10)16;/h2-7H,1H3,(H,17,18);/q;+1/p-1. The summed E-state index contributed by atoms with van der Waals surface area (Å²) in [5.41, 5.74) is -0.263. The molecule has 0 spiro atoms. The van der Waals surface area contributed by atoms with E-state index in [4.69, 9.17) is 4.42 Å². The molecule has 3 rings (SSSR count). The number of hydrogen-bond acceptors (Lipinski definition) is 6. The molecular weight excluding hydrogens is 347 g/mol. The monoisotopic (exact) mass is 356 g/mol. The zero-order chi connectivity index (χ0) is 16.1. The minimum absolute atomic E-state index is 0. The van der Waals surface area contributed by atoms with Crippen molar-refractivity contribution in [1.29, 1.82) is 0 Å². The summed E-state index contributed by atoms with van der Waals surface area (Å²) in [5, 5.41) is 11.1. The number of carbonyl (C=O) groups is 1. The van der Waals surface area contributed by atoms with Gasteiger partial charge in [-0.15, -0.1) is 0 Å². The number of aromatic carboxylic acids is 1. The van der Waals surface area contributed by atoms with Crippen molar-refractivity contribution in [1.82, 2.24) is 0 Å². The molecule has 23 heavy (non-hydrogen) atoms. The molecule has 0 aliphatic rings. The Labute approximate surface area is 173 Å². The van der Waals surface area contributed by atoms with E-state index in [2.05, 4.69) is 0 Å². The summed E-state index contributed by atoms with van der Waals surface area (Å²) in [6, 6.07) is 7.71. The molecule has 0 radical (unpaired) electrons. The van der Waals surface area contributed by atoms with Gasteiger partial charge in [0.15, 0.2) is 9.84 Å². The molecule has 1 heterocycles. The van der Waals surface area contributed by atoms with Crippen LogP contribution in [0.4, 0.5) is 0 Å². The molecule has 0 N–H and O–H groups in total. The number of carboxylic acid groups (broad SMARTS) is 1. The Morgan fingerprint density at radius 3 is 2.35 bits per heavy atom. The topological polar surface area (TPSA) is 104 Å². The molecule has 8 heteroatoms. The first-order valence-corrected chi connectivity index (χ1v) is 8.08. The molecule has 0 bridgehead atoms. The average molecular weight is 356 g/mol. The molecule has 0 atom stereocenters. The molecule has 2 aromatic carbocycles. The van der Waals surface area contributed by atoms with Gasteiger partial charge >= 0.3 is 51.4 Å². The Kier molecular flexibility index (Phi) is 5.14. The molecule has 0 fully saturated rings. The minimum Gasteiger partial charge on any atom is -0.545 e. The van der Waals surface area contributed by atoms with Gasteiger partial charge in [0.2, 0.25) is 5.43 Å². The van der Waals surface area contributed by atoms with Crippen molar-refractivity contribution in [3.63, 3.8) is 0 Å². The Bertz CT molecular complexity index is 1100. The largest absolute Gasteiger partial charge is 1.00 e. The summed E-state index contributed by atoms with van der Waals surface area (Å²) in [6.45, 7) is 0. The van der Waals surface area contributed by atoms with Crippen LogP contribution in [0.1, 0.15) is 10.4 Å². The van der Waals surface area contributed by atoms with Crippen LogP contribution in [0.5, 0.6) is 0 Å². The number of fused-ring (bicyclic) bond motifs is 2. The molecule has 0 unspecified atom stereocenters. The van der Waals surface area contributed by atoms with E-state index in [0.717, 1.165) is 6.26 Å². The van der Waals surface area contributed by atoms with Gasteiger partial charge < -0.3 is 14.3 Å². The average Bonchev–Trinajstić information content (AvgIpc) is 2.45. The van der Waals surface area contributed by atoms with Gasteiger partial charge in [-0.2, -0.15) is 0 Å². The summed E-state index contributed by atoms with van der Waals surface area (Å²) < 4.78 is 28.6. The van der Waals surface area contributed by atoms with Gasteiger partial charge in [-0.25, -0.2) is 8.42 Å². The van der Waals surface area contributed by atoms with Crippen molar-refractivity contribution < 1.29 is 74.1 Å². The third-order valence-corrected chi connectivity index (χ3v) is 4.42.